The summed E-state index contributed by atoms with van der Waals surface area (Å²) in [5.74, 6) is 0. The van der Waals surface area contributed by atoms with Crippen molar-refractivity contribution >= 4 is 17.3 Å². The SMILES string of the molecule is C/C(=C/Cl)CNc1ccc(C(F)(F)F)cc1. The van der Waals surface area contributed by atoms with Crippen molar-refractivity contribution in [3.63, 3.8) is 0 Å². The maximum Gasteiger partial charge on any atom is 0.416 e. The summed E-state index contributed by atoms with van der Waals surface area (Å²) < 4.78 is 36.7. The van der Waals surface area contributed by atoms with Gasteiger partial charge in [-0.1, -0.05) is 11.6 Å². The van der Waals surface area contributed by atoms with E-state index >= 15 is 0 Å². The molecule has 0 amide bonds. The summed E-state index contributed by atoms with van der Waals surface area (Å²) in [6.45, 7) is 2.33. The van der Waals surface area contributed by atoms with Gasteiger partial charge in [0.2, 0.25) is 0 Å². The van der Waals surface area contributed by atoms with Crippen molar-refractivity contribution < 1.29 is 13.2 Å². The van der Waals surface area contributed by atoms with Crippen molar-refractivity contribution in [3.05, 3.63) is 40.9 Å². The van der Waals surface area contributed by atoms with Gasteiger partial charge in [0.05, 0.1) is 5.56 Å². The average molecular weight is 250 g/mol. The Morgan fingerprint density at radius 3 is 2.31 bits per heavy atom. The smallest absolute Gasteiger partial charge is 0.381 e. The number of alkyl halides is 3. The van der Waals surface area contributed by atoms with Crippen LogP contribution in [0.15, 0.2) is 35.4 Å². The molecule has 5 heteroatoms. The molecular formula is C11H11ClF3N. The molecule has 0 spiro atoms. The summed E-state index contributed by atoms with van der Waals surface area (Å²) in [7, 11) is 0. The van der Waals surface area contributed by atoms with Crippen LogP contribution in [0.4, 0.5) is 18.9 Å². The van der Waals surface area contributed by atoms with Crippen molar-refractivity contribution in [2.75, 3.05) is 11.9 Å². The average Bonchev–Trinajstić information content (AvgIpc) is 2.25. The second-order valence-electron chi connectivity index (χ2n) is 3.38. The molecule has 0 aromatic heterocycles. The highest BCUT2D eigenvalue weighted by molar-refractivity contribution is 6.25. The third-order valence-electron chi connectivity index (χ3n) is 1.97. The fourth-order valence-corrected chi connectivity index (χ4v) is 1.13. The Bertz CT molecular complexity index is 368. The van der Waals surface area contributed by atoms with E-state index in [0.717, 1.165) is 17.7 Å². The van der Waals surface area contributed by atoms with E-state index in [9.17, 15) is 13.2 Å². The van der Waals surface area contributed by atoms with Gasteiger partial charge in [0.15, 0.2) is 0 Å². The Balaban J connectivity index is 2.65. The van der Waals surface area contributed by atoms with Crippen LogP contribution in [0.2, 0.25) is 0 Å². The number of rotatable bonds is 3. The fourth-order valence-electron chi connectivity index (χ4n) is 1.06. The number of halogens is 4. The molecule has 1 N–H and O–H groups in total. The number of hydrogen-bond donors (Lipinski definition) is 1. The van der Waals surface area contributed by atoms with Gasteiger partial charge < -0.3 is 5.32 Å². The van der Waals surface area contributed by atoms with E-state index in [0.29, 0.717) is 12.2 Å². The van der Waals surface area contributed by atoms with Crippen molar-refractivity contribution in [1.29, 1.82) is 0 Å². The Morgan fingerprint density at radius 2 is 1.88 bits per heavy atom. The summed E-state index contributed by atoms with van der Waals surface area (Å²) in [4.78, 5) is 0. The minimum atomic E-state index is -4.29. The molecule has 0 aliphatic rings. The second-order valence-corrected chi connectivity index (χ2v) is 3.60. The van der Waals surface area contributed by atoms with Crippen LogP contribution in [-0.4, -0.2) is 6.54 Å². The van der Waals surface area contributed by atoms with Gasteiger partial charge in [-0.2, -0.15) is 13.2 Å². The number of anilines is 1. The van der Waals surface area contributed by atoms with Crippen LogP contribution >= 0.6 is 11.6 Å². The van der Waals surface area contributed by atoms with Gasteiger partial charge >= 0.3 is 6.18 Å². The summed E-state index contributed by atoms with van der Waals surface area (Å²) in [6.07, 6.45) is -4.29. The Hall–Kier alpha value is -1.16. The van der Waals surface area contributed by atoms with Crippen LogP contribution in [0, 0.1) is 0 Å². The number of nitrogens with one attached hydrogen (secondary N) is 1. The van der Waals surface area contributed by atoms with Crippen molar-refractivity contribution in [3.8, 4) is 0 Å². The zero-order valence-electron chi connectivity index (χ0n) is 8.61. The molecule has 88 valence electrons. The predicted molar refractivity (Wildman–Crippen MR) is 59.5 cm³/mol. The summed E-state index contributed by atoms with van der Waals surface area (Å²) in [6, 6.07) is 4.87. The topological polar surface area (TPSA) is 12.0 Å². The highest BCUT2D eigenvalue weighted by Crippen LogP contribution is 2.29. The van der Waals surface area contributed by atoms with Crippen LogP contribution in [-0.2, 0) is 6.18 Å². The van der Waals surface area contributed by atoms with E-state index in [1.807, 2.05) is 6.92 Å². The van der Waals surface area contributed by atoms with Gasteiger partial charge in [0.25, 0.3) is 0 Å². The van der Waals surface area contributed by atoms with E-state index in [1.54, 1.807) is 0 Å². The normalized spacial score (nSPS) is 12.7. The highest BCUT2D eigenvalue weighted by atomic mass is 35.5. The molecule has 0 bridgehead atoms. The molecule has 0 atom stereocenters. The molecule has 0 fully saturated rings. The summed E-state index contributed by atoms with van der Waals surface area (Å²) in [5, 5.41) is 2.95. The van der Waals surface area contributed by atoms with Crippen LogP contribution < -0.4 is 5.32 Å². The lowest BCUT2D eigenvalue weighted by molar-refractivity contribution is -0.137. The van der Waals surface area contributed by atoms with Crippen LogP contribution in [0.25, 0.3) is 0 Å². The van der Waals surface area contributed by atoms with Gasteiger partial charge in [-0.3, -0.25) is 0 Å². The first kappa shape index (κ1) is 12.9. The molecule has 0 saturated heterocycles. The Labute approximate surface area is 96.9 Å². The monoisotopic (exact) mass is 249 g/mol. The Morgan fingerprint density at radius 1 is 1.31 bits per heavy atom. The first-order valence-electron chi connectivity index (χ1n) is 4.60. The van der Waals surface area contributed by atoms with E-state index < -0.39 is 11.7 Å². The van der Waals surface area contributed by atoms with Crippen molar-refractivity contribution in [1.82, 2.24) is 0 Å². The lowest BCUT2D eigenvalue weighted by Crippen LogP contribution is -2.06. The standard InChI is InChI=1S/C11H11ClF3N/c1-8(6-12)7-16-10-4-2-9(3-5-10)11(13,14)15/h2-6,16H,7H2,1H3/b8-6-. The minimum Gasteiger partial charge on any atom is -0.381 e. The lowest BCUT2D eigenvalue weighted by atomic mass is 10.2. The van der Waals surface area contributed by atoms with E-state index in [4.69, 9.17) is 11.6 Å². The third-order valence-corrected chi connectivity index (χ3v) is 2.34. The minimum absolute atomic E-state index is 0.509. The summed E-state index contributed by atoms with van der Waals surface area (Å²) >= 11 is 5.45. The van der Waals surface area contributed by atoms with Crippen molar-refractivity contribution in [2.24, 2.45) is 0 Å². The quantitative estimate of drug-likeness (QED) is 0.844. The zero-order valence-corrected chi connectivity index (χ0v) is 9.36. The van der Waals surface area contributed by atoms with Gasteiger partial charge in [-0.25, -0.2) is 0 Å². The van der Waals surface area contributed by atoms with Gasteiger partial charge in [0, 0.05) is 17.8 Å². The molecule has 0 saturated carbocycles. The van der Waals surface area contributed by atoms with Gasteiger partial charge in [-0.05, 0) is 36.8 Å². The zero-order chi connectivity index (χ0) is 12.2. The molecule has 1 aromatic rings. The molecule has 0 heterocycles. The first-order valence-corrected chi connectivity index (χ1v) is 5.04. The van der Waals surface area contributed by atoms with Crippen LogP contribution in [0.1, 0.15) is 12.5 Å². The summed E-state index contributed by atoms with van der Waals surface area (Å²) in [5.41, 5.74) is 2.31. The fraction of sp³-hybridized carbons (Fsp3) is 0.273. The molecule has 1 rings (SSSR count). The predicted octanol–water partition coefficient (Wildman–Crippen LogP) is 4.26. The lowest BCUT2D eigenvalue weighted by Gasteiger charge is -2.09. The molecule has 16 heavy (non-hydrogen) atoms. The maximum absolute atomic E-state index is 12.2. The third kappa shape index (κ3) is 3.77. The largest absolute Gasteiger partial charge is 0.416 e. The van der Waals surface area contributed by atoms with E-state index in [1.165, 1.54) is 17.7 Å². The Kier molecular flexibility index (Phi) is 4.24. The van der Waals surface area contributed by atoms with Crippen LogP contribution in [0.3, 0.4) is 0 Å². The number of benzene rings is 1. The molecule has 0 unspecified atom stereocenters. The molecular weight excluding hydrogens is 239 g/mol. The van der Waals surface area contributed by atoms with Crippen LogP contribution in [0.5, 0.6) is 0 Å². The van der Waals surface area contributed by atoms with Gasteiger partial charge in [-0.15, -0.1) is 0 Å². The van der Waals surface area contributed by atoms with Gasteiger partial charge in [0.1, 0.15) is 0 Å². The molecule has 1 nitrogen and oxygen atoms in total. The molecule has 1 aromatic carbocycles. The highest BCUT2D eigenvalue weighted by Gasteiger charge is 2.29. The molecule has 0 aliphatic heterocycles. The van der Waals surface area contributed by atoms with E-state index in [2.05, 4.69) is 5.32 Å². The van der Waals surface area contributed by atoms with Crippen molar-refractivity contribution in [2.45, 2.75) is 13.1 Å². The molecule has 0 radical (unpaired) electrons. The van der Waals surface area contributed by atoms with E-state index in [-0.39, 0.29) is 0 Å². The molecule has 0 aliphatic carbocycles. The number of hydrogen-bond acceptors (Lipinski definition) is 1. The first-order chi connectivity index (χ1) is 7.43. The maximum atomic E-state index is 12.2. The second kappa shape index (κ2) is 5.25.